The van der Waals surface area contributed by atoms with E-state index in [1.165, 1.54) is 0 Å². The maximum Gasteiger partial charge on any atom is 0.303 e. The number of rotatable bonds is 1. The Morgan fingerprint density at radius 2 is 2.14 bits per heavy atom. The Bertz CT molecular complexity index is 174. The van der Waals surface area contributed by atoms with Crippen LogP contribution < -0.4 is 9.86 Å². The lowest BCUT2D eigenvalue weighted by atomic mass is 11.2. The Morgan fingerprint density at radius 3 is 2.14 bits per heavy atom. The maximum absolute atomic E-state index is 9.76. The molecule has 5 heteroatoms. The molecule has 0 saturated carbocycles. The number of hydrogen-bond acceptors (Lipinski definition) is 2. The average molecular weight is 120 g/mol. The van der Waals surface area contributed by atoms with Crippen molar-refractivity contribution in [2.24, 2.45) is 5.14 Å². The van der Waals surface area contributed by atoms with Gasteiger partial charge in [0, 0.05) is 6.04 Å². The summed E-state index contributed by atoms with van der Waals surface area (Å²) in [5, 5.41) is 4.36. The highest BCUT2D eigenvalue weighted by Gasteiger charge is 1.90. The summed E-state index contributed by atoms with van der Waals surface area (Å²) in [4.78, 5) is 0. The van der Waals surface area contributed by atoms with E-state index in [4.69, 9.17) is 0 Å². The van der Waals surface area contributed by atoms with Crippen LogP contribution in [0.5, 0.6) is 0 Å². The van der Waals surface area contributed by atoms with Crippen molar-refractivity contribution in [3.05, 3.63) is 0 Å². The smallest absolute Gasteiger partial charge is 0.230 e. The fourth-order valence-corrected chi connectivity index (χ4v) is 0.246. The van der Waals surface area contributed by atoms with Gasteiger partial charge in [0.25, 0.3) is 0 Å². The lowest BCUT2D eigenvalue weighted by molar-refractivity contribution is 0.593. The zero-order chi connectivity index (χ0) is 5.91. The first-order chi connectivity index (χ1) is 3.06. The van der Waals surface area contributed by atoms with Gasteiger partial charge in [-0.15, -0.1) is 0 Å². The van der Waals surface area contributed by atoms with Crippen molar-refractivity contribution in [3.8, 4) is 12.5 Å². The molecule has 0 unspecified atom stereocenters. The molecule has 0 amide bonds. The van der Waals surface area contributed by atoms with E-state index in [0.29, 0.717) is 0 Å². The lowest BCUT2D eigenvalue weighted by Gasteiger charge is -1.86. The Morgan fingerprint density at radius 1 is 1.71 bits per heavy atom. The minimum absolute atomic E-state index is 1.56. The summed E-state index contributed by atoms with van der Waals surface area (Å²) in [7, 11) is -3.66. The Labute approximate surface area is 41.9 Å². The van der Waals surface area contributed by atoms with Crippen molar-refractivity contribution in [2.75, 3.05) is 0 Å². The molecular weight excluding hydrogens is 116 g/mol. The third-order valence-corrected chi connectivity index (χ3v) is 0.604. The fraction of sp³-hybridized carbons (Fsp3) is 0. The van der Waals surface area contributed by atoms with Gasteiger partial charge < -0.3 is 0 Å². The van der Waals surface area contributed by atoms with Gasteiger partial charge in [0.1, 0.15) is 0 Å². The minimum atomic E-state index is -3.66. The largest absolute Gasteiger partial charge is 0.303 e. The van der Waals surface area contributed by atoms with Gasteiger partial charge in [-0.05, 0) is 0 Å². The van der Waals surface area contributed by atoms with Crippen molar-refractivity contribution in [1.82, 2.24) is 4.72 Å². The van der Waals surface area contributed by atoms with Gasteiger partial charge in [-0.3, -0.25) is 0 Å². The molecule has 0 aliphatic rings. The molecule has 40 valence electrons. The average Bonchev–Trinajstić information content (AvgIpc) is 1.30. The van der Waals surface area contributed by atoms with Gasteiger partial charge >= 0.3 is 10.2 Å². The molecule has 0 aliphatic carbocycles. The van der Waals surface area contributed by atoms with E-state index in [2.05, 4.69) is 11.6 Å². The predicted molar refractivity (Wildman–Crippen MR) is 25.1 cm³/mol. The van der Waals surface area contributed by atoms with Crippen LogP contribution in [0.4, 0.5) is 0 Å². The third-order valence-electron chi connectivity index (χ3n) is 0.201. The molecule has 0 saturated heterocycles. The molecule has 0 fully saturated rings. The maximum atomic E-state index is 9.76. The molecule has 4 nitrogen and oxygen atoms in total. The third kappa shape index (κ3) is 5.27. The first kappa shape index (κ1) is 6.27. The number of hydrogen-bond donors (Lipinski definition) is 2. The second kappa shape index (κ2) is 1.82. The Kier molecular flexibility index (Phi) is 1.63. The zero-order valence-corrected chi connectivity index (χ0v) is 4.20. The summed E-state index contributed by atoms with van der Waals surface area (Å²) in [6, 6.07) is 1.64. The summed E-state index contributed by atoms with van der Waals surface area (Å²) < 4.78 is 21.1. The number of terminal acetylenes is 1. The summed E-state index contributed by atoms with van der Waals surface area (Å²) in [6.45, 7) is 0. The quantitative estimate of drug-likeness (QED) is 0.322. The van der Waals surface area contributed by atoms with Gasteiger partial charge in [-0.25, -0.2) is 9.86 Å². The molecule has 7 heavy (non-hydrogen) atoms. The number of nitrogens with two attached hydrogens (primary N) is 1. The van der Waals surface area contributed by atoms with Crippen molar-refractivity contribution >= 4 is 10.2 Å². The van der Waals surface area contributed by atoms with Crippen LogP contribution in [0.1, 0.15) is 0 Å². The highest BCUT2D eigenvalue weighted by molar-refractivity contribution is 7.87. The van der Waals surface area contributed by atoms with Gasteiger partial charge in [0.15, 0.2) is 0 Å². The van der Waals surface area contributed by atoms with Gasteiger partial charge in [-0.2, -0.15) is 8.42 Å². The molecular formula is C2H4N2O2S. The van der Waals surface area contributed by atoms with Crippen LogP contribution in [-0.2, 0) is 10.2 Å². The van der Waals surface area contributed by atoms with Crippen molar-refractivity contribution in [2.45, 2.75) is 0 Å². The second-order valence-corrected chi connectivity index (χ2v) is 2.09. The van der Waals surface area contributed by atoms with Gasteiger partial charge in [0.05, 0.1) is 0 Å². The van der Waals surface area contributed by atoms with E-state index in [0.717, 1.165) is 0 Å². The topological polar surface area (TPSA) is 72.2 Å². The molecule has 0 aromatic carbocycles. The molecule has 0 heterocycles. The van der Waals surface area contributed by atoms with E-state index in [-0.39, 0.29) is 0 Å². The molecule has 0 radical (unpaired) electrons. The first-order valence-electron chi connectivity index (χ1n) is 1.31. The van der Waals surface area contributed by atoms with Crippen molar-refractivity contribution in [3.63, 3.8) is 0 Å². The van der Waals surface area contributed by atoms with E-state index in [1.807, 2.05) is 0 Å². The standard InChI is InChI=1S/C2H4N2O2S/c1-2-4-7(3,5)6/h1,4H,(H2,3,5,6). The molecule has 0 aromatic rings. The van der Waals surface area contributed by atoms with Gasteiger partial charge in [-0.1, -0.05) is 6.42 Å². The molecule has 0 aliphatic heterocycles. The second-order valence-electron chi connectivity index (χ2n) is 0.791. The van der Waals surface area contributed by atoms with Crippen LogP contribution in [0.25, 0.3) is 0 Å². The highest BCUT2D eigenvalue weighted by atomic mass is 32.2. The van der Waals surface area contributed by atoms with E-state index >= 15 is 0 Å². The summed E-state index contributed by atoms with van der Waals surface area (Å²) >= 11 is 0. The molecule has 0 atom stereocenters. The Hall–Kier alpha value is -0.730. The summed E-state index contributed by atoms with van der Waals surface area (Å²) in [5.74, 6) is 0. The molecule has 0 bridgehead atoms. The normalized spacial score (nSPS) is 9.71. The van der Waals surface area contributed by atoms with Gasteiger partial charge in [0.2, 0.25) is 0 Å². The predicted octanol–water partition coefficient (Wildman–Crippen LogP) is -1.63. The van der Waals surface area contributed by atoms with E-state index in [9.17, 15) is 8.42 Å². The number of nitrogens with one attached hydrogen (secondary N) is 1. The van der Waals surface area contributed by atoms with Crippen molar-refractivity contribution in [1.29, 1.82) is 0 Å². The molecule has 3 N–H and O–H groups in total. The van der Waals surface area contributed by atoms with Crippen LogP contribution in [0, 0.1) is 12.5 Å². The lowest BCUT2D eigenvalue weighted by Crippen LogP contribution is -2.26. The zero-order valence-electron chi connectivity index (χ0n) is 3.38. The van der Waals surface area contributed by atoms with E-state index < -0.39 is 10.2 Å². The summed E-state index contributed by atoms with van der Waals surface area (Å²) in [5.41, 5.74) is 0. The molecule has 0 spiro atoms. The highest BCUT2D eigenvalue weighted by Crippen LogP contribution is 1.57. The van der Waals surface area contributed by atoms with Crippen LogP contribution in [-0.4, -0.2) is 8.42 Å². The van der Waals surface area contributed by atoms with Crippen LogP contribution in [0.15, 0.2) is 0 Å². The molecule has 0 aromatic heterocycles. The SMILES string of the molecule is C#CNS(N)(=O)=O. The minimum Gasteiger partial charge on any atom is -0.230 e. The Balaban J connectivity index is 3.92. The summed E-state index contributed by atoms with van der Waals surface area (Å²) in [6.07, 6.45) is 4.49. The first-order valence-corrected chi connectivity index (χ1v) is 2.86. The van der Waals surface area contributed by atoms with Crippen LogP contribution >= 0.6 is 0 Å². The van der Waals surface area contributed by atoms with Crippen molar-refractivity contribution < 1.29 is 8.42 Å². The monoisotopic (exact) mass is 120 g/mol. The fourth-order valence-electron chi connectivity index (χ4n) is 0.0821. The van der Waals surface area contributed by atoms with E-state index in [1.54, 1.807) is 10.8 Å². The van der Waals surface area contributed by atoms with Crippen LogP contribution in [0.3, 0.4) is 0 Å². The van der Waals surface area contributed by atoms with Crippen LogP contribution in [0.2, 0.25) is 0 Å². The molecule has 0 rings (SSSR count).